The molecule has 0 aromatic carbocycles. The SMILES string of the molecule is CCN(CC)S(=O)(=O)[NH+]1CCC[C@H]1C(=O)[O-]. The van der Waals surface area contributed by atoms with E-state index in [2.05, 4.69) is 0 Å². The van der Waals surface area contributed by atoms with E-state index in [-0.39, 0.29) is 4.31 Å². The second kappa shape index (κ2) is 5.11. The minimum Gasteiger partial charge on any atom is -0.544 e. The Morgan fingerprint density at radius 3 is 2.44 bits per heavy atom. The fourth-order valence-corrected chi connectivity index (χ4v) is 4.09. The van der Waals surface area contributed by atoms with Gasteiger partial charge in [-0.25, -0.2) is 4.31 Å². The molecule has 1 fully saturated rings. The lowest BCUT2D eigenvalue weighted by Gasteiger charge is -2.26. The minimum atomic E-state index is -3.57. The first-order chi connectivity index (χ1) is 7.45. The van der Waals surface area contributed by atoms with E-state index in [1.165, 1.54) is 4.31 Å². The highest BCUT2D eigenvalue weighted by Crippen LogP contribution is 2.03. The lowest BCUT2D eigenvalue weighted by molar-refractivity contribution is -0.777. The fourth-order valence-electron chi connectivity index (χ4n) is 2.10. The Bertz CT molecular complexity index is 351. The van der Waals surface area contributed by atoms with Gasteiger partial charge in [0.15, 0.2) is 0 Å². The van der Waals surface area contributed by atoms with E-state index in [4.69, 9.17) is 0 Å². The number of carbonyl (C=O) groups excluding carboxylic acids is 1. The van der Waals surface area contributed by atoms with Crippen LogP contribution in [0.3, 0.4) is 0 Å². The summed E-state index contributed by atoms with van der Waals surface area (Å²) in [6.07, 6.45) is 0.979. The van der Waals surface area contributed by atoms with Gasteiger partial charge in [0.2, 0.25) is 0 Å². The van der Waals surface area contributed by atoms with Crippen LogP contribution < -0.4 is 9.41 Å². The van der Waals surface area contributed by atoms with Gasteiger partial charge in [-0.05, 0) is 0 Å². The van der Waals surface area contributed by atoms with Crippen LogP contribution in [-0.2, 0) is 15.0 Å². The Hall–Kier alpha value is -0.660. The zero-order valence-electron chi connectivity index (χ0n) is 9.60. The summed E-state index contributed by atoms with van der Waals surface area (Å²) in [6.45, 7) is 4.55. The molecule has 1 aliphatic rings. The molecule has 1 aliphatic heterocycles. The Morgan fingerprint density at radius 1 is 1.44 bits per heavy atom. The Labute approximate surface area is 96.0 Å². The van der Waals surface area contributed by atoms with Gasteiger partial charge in [-0.2, -0.15) is 12.7 Å². The van der Waals surface area contributed by atoms with Gasteiger partial charge in [0, 0.05) is 25.9 Å². The van der Waals surface area contributed by atoms with E-state index in [1.54, 1.807) is 13.8 Å². The first-order valence-corrected chi connectivity index (χ1v) is 6.95. The second-order valence-electron chi connectivity index (χ2n) is 3.82. The van der Waals surface area contributed by atoms with E-state index in [0.29, 0.717) is 32.5 Å². The maximum absolute atomic E-state index is 12.1. The normalized spacial score (nSPS) is 26.2. The van der Waals surface area contributed by atoms with Crippen molar-refractivity contribution in [3.05, 3.63) is 0 Å². The number of nitrogens with zero attached hydrogens (tertiary/aromatic N) is 1. The number of hydrogen-bond acceptors (Lipinski definition) is 4. The number of nitrogens with one attached hydrogen (secondary N) is 1. The predicted octanol–water partition coefficient (Wildman–Crippen LogP) is -2.63. The zero-order valence-corrected chi connectivity index (χ0v) is 10.4. The summed E-state index contributed by atoms with van der Waals surface area (Å²) in [5.41, 5.74) is 0. The molecule has 6 nitrogen and oxygen atoms in total. The van der Waals surface area contributed by atoms with E-state index in [9.17, 15) is 18.3 Å². The van der Waals surface area contributed by atoms with Crippen LogP contribution in [0.4, 0.5) is 0 Å². The average molecular weight is 250 g/mol. The third-order valence-corrected chi connectivity index (χ3v) is 5.31. The van der Waals surface area contributed by atoms with Crippen LogP contribution in [0.5, 0.6) is 0 Å². The van der Waals surface area contributed by atoms with Crippen LogP contribution in [0.2, 0.25) is 0 Å². The summed E-state index contributed by atoms with van der Waals surface area (Å²) in [5, 5.41) is 10.8. The zero-order chi connectivity index (χ0) is 12.3. The molecule has 0 aliphatic carbocycles. The number of aliphatic carboxylic acids is 1. The second-order valence-corrected chi connectivity index (χ2v) is 5.81. The van der Waals surface area contributed by atoms with Crippen LogP contribution in [0, 0.1) is 0 Å². The van der Waals surface area contributed by atoms with Gasteiger partial charge in [-0.1, -0.05) is 13.8 Å². The predicted molar refractivity (Wildman–Crippen MR) is 55.7 cm³/mol. The molecule has 1 heterocycles. The molecule has 7 heteroatoms. The average Bonchev–Trinajstić information content (AvgIpc) is 2.67. The molecule has 94 valence electrons. The largest absolute Gasteiger partial charge is 0.544 e. The molecular weight excluding hydrogens is 232 g/mol. The van der Waals surface area contributed by atoms with Crippen LogP contribution in [-0.4, -0.2) is 44.4 Å². The standard InChI is InChI=1S/C9H18N2O4S/c1-3-10(4-2)16(14,15)11-7-5-6-8(11)9(12)13/h8H,3-7H2,1-2H3,(H,12,13)/t8-/m0/s1. The Morgan fingerprint density at radius 2 is 2.00 bits per heavy atom. The first kappa shape index (κ1) is 13.4. The molecule has 0 radical (unpaired) electrons. The van der Waals surface area contributed by atoms with Crippen molar-refractivity contribution in [1.29, 1.82) is 0 Å². The van der Waals surface area contributed by atoms with Crippen LogP contribution in [0.1, 0.15) is 26.7 Å². The molecule has 0 aromatic rings. The molecule has 1 saturated heterocycles. The minimum absolute atomic E-state index is 0.121. The molecule has 0 spiro atoms. The molecule has 1 N–H and O–H groups in total. The van der Waals surface area contributed by atoms with Crippen molar-refractivity contribution in [2.75, 3.05) is 19.6 Å². The highest BCUT2D eigenvalue weighted by molar-refractivity contribution is 7.82. The van der Waals surface area contributed by atoms with Gasteiger partial charge in [-0.15, -0.1) is 0 Å². The van der Waals surface area contributed by atoms with Crippen molar-refractivity contribution in [1.82, 2.24) is 4.31 Å². The quantitative estimate of drug-likeness (QED) is 0.579. The smallest absolute Gasteiger partial charge is 0.371 e. The highest BCUT2D eigenvalue weighted by Gasteiger charge is 2.41. The molecule has 16 heavy (non-hydrogen) atoms. The number of hydrogen-bond donors (Lipinski definition) is 1. The summed E-state index contributed by atoms with van der Waals surface area (Å²) >= 11 is 0. The molecular formula is C9H18N2O4S. The van der Waals surface area contributed by atoms with Gasteiger partial charge < -0.3 is 9.90 Å². The number of rotatable bonds is 5. The topological polar surface area (TPSA) is 82.0 Å². The fraction of sp³-hybridized carbons (Fsp3) is 0.889. The van der Waals surface area contributed by atoms with E-state index < -0.39 is 22.2 Å². The van der Waals surface area contributed by atoms with E-state index in [0.717, 1.165) is 0 Å². The molecule has 0 amide bonds. The summed E-state index contributed by atoms with van der Waals surface area (Å²) < 4.78 is 25.6. The molecule has 1 unspecified atom stereocenters. The maximum Gasteiger partial charge on any atom is 0.371 e. The molecule has 2 atom stereocenters. The lowest BCUT2D eigenvalue weighted by Crippen LogP contribution is -3.18. The van der Waals surface area contributed by atoms with Gasteiger partial charge in [-0.3, -0.25) is 0 Å². The highest BCUT2D eigenvalue weighted by atomic mass is 32.2. The van der Waals surface area contributed by atoms with Gasteiger partial charge in [0.25, 0.3) is 0 Å². The van der Waals surface area contributed by atoms with Crippen molar-refractivity contribution in [2.24, 2.45) is 0 Å². The molecule has 0 bridgehead atoms. The van der Waals surface area contributed by atoms with Crippen molar-refractivity contribution in [3.63, 3.8) is 0 Å². The third kappa shape index (κ3) is 2.36. The summed E-state index contributed by atoms with van der Waals surface area (Å²) in [4.78, 5) is 10.8. The number of carboxylic acids is 1. The van der Waals surface area contributed by atoms with Crippen molar-refractivity contribution in [3.8, 4) is 0 Å². The summed E-state index contributed by atoms with van der Waals surface area (Å²) in [5.74, 6) is -1.27. The Kier molecular flexibility index (Phi) is 4.28. The Balaban J connectivity index is 2.94. The molecule has 0 saturated carbocycles. The number of quaternary nitrogens is 1. The number of carboxylic acid groups (broad SMARTS) is 1. The van der Waals surface area contributed by atoms with E-state index >= 15 is 0 Å². The monoisotopic (exact) mass is 250 g/mol. The van der Waals surface area contributed by atoms with E-state index in [1.807, 2.05) is 0 Å². The maximum atomic E-state index is 12.1. The lowest BCUT2D eigenvalue weighted by atomic mass is 10.2. The molecule has 1 rings (SSSR count). The molecule has 0 aromatic heterocycles. The van der Waals surface area contributed by atoms with Crippen LogP contribution in [0.25, 0.3) is 0 Å². The first-order valence-electron chi connectivity index (χ1n) is 5.51. The third-order valence-electron chi connectivity index (χ3n) is 2.97. The van der Waals surface area contributed by atoms with Crippen LogP contribution >= 0.6 is 0 Å². The van der Waals surface area contributed by atoms with Crippen molar-refractivity contribution >= 4 is 16.2 Å². The number of carbonyl (C=O) groups is 1. The van der Waals surface area contributed by atoms with Crippen molar-refractivity contribution < 1.29 is 22.6 Å². The van der Waals surface area contributed by atoms with Gasteiger partial charge in [0.05, 0.1) is 6.54 Å². The van der Waals surface area contributed by atoms with Crippen LogP contribution in [0.15, 0.2) is 0 Å². The van der Waals surface area contributed by atoms with Gasteiger partial charge in [0.1, 0.15) is 12.0 Å². The van der Waals surface area contributed by atoms with Gasteiger partial charge >= 0.3 is 10.2 Å². The van der Waals surface area contributed by atoms with Crippen molar-refractivity contribution in [2.45, 2.75) is 32.7 Å². The summed E-state index contributed by atoms with van der Waals surface area (Å²) in [6, 6.07) is -0.925. The summed E-state index contributed by atoms with van der Waals surface area (Å²) in [7, 11) is -3.57.